The monoisotopic (exact) mass is 742 g/mol. The number of fused-ring (bicyclic) bond motifs is 6. The van der Waals surface area contributed by atoms with Crippen LogP contribution in [0.1, 0.15) is 25.0 Å². The van der Waals surface area contributed by atoms with Gasteiger partial charge in [0.2, 0.25) is 0 Å². The van der Waals surface area contributed by atoms with Gasteiger partial charge in [0.25, 0.3) is 0 Å². The van der Waals surface area contributed by atoms with Crippen molar-refractivity contribution in [2.45, 2.75) is 19.3 Å². The van der Waals surface area contributed by atoms with E-state index >= 15 is 0 Å². The molecule has 0 N–H and O–H groups in total. The number of aromatic nitrogens is 2. The predicted molar refractivity (Wildman–Crippen MR) is 239 cm³/mol. The average Bonchev–Trinajstić information content (AvgIpc) is 3.79. The van der Waals surface area contributed by atoms with E-state index in [4.69, 9.17) is 14.4 Å². The molecule has 0 unspecified atom stereocenters. The van der Waals surface area contributed by atoms with Crippen LogP contribution in [0, 0.1) is 0 Å². The standard InChI is InChI=1S/C55H38N2O/c1-55(2)49-22-10-9-17-45(49)46-26-23-37(32-50(46)55)43-18-11-20-47-48-21-12-19-44(54(48)58-53(43)47)42-30-40(38-24-27-51(56-33-38)35-13-5-3-6-14-35)29-41(31-42)39-25-28-52(57-34-39)36-15-7-4-8-16-36/h3-34H,1-2H3. The van der Waals surface area contributed by atoms with Gasteiger partial charge < -0.3 is 4.42 Å². The number of hydrogen-bond donors (Lipinski definition) is 0. The van der Waals surface area contributed by atoms with Crippen LogP contribution in [0.3, 0.4) is 0 Å². The molecule has 10 aromatic rings. The minimum Gasteiger partial charge on any atom is -0.455 e. The van der Waals surface area contributed by atoms with Crippen molar-refractivity contribution in [3.05, 3.63) is 206 Å². The molecular weight excluding hydrogens is 705 g/mol. The van der Waals surface area contributed by atoms with Gasteiger partial charge in [-0.1, -0.05) is 159 Å². The molecule has 0 saturated heterocycles. The first-order valence-corrected chi connectivity index (χ1v) is 19.9. The van der Waals surface area contributed by atoms with Crippen molar-refractivity contribution < 1.29 is 4.42 Å². The molecule has 1 aliphatic rings. The highest BCUT2D eigenvalue weighted by atomic mass is 16.3. The fraction of sp³-hybridized carbons (Fsp3) is 0.0545. The Bertz CT molecular complexity index is 3060. The van der Waals surface area contributed by atoms with Crippen LogP contribution in [-0.2, 0) is 5.41 Å². The van der Waals surface area contributed by atoms with Crippen LogP contribution in [0.25, 0.3) is 100 Å². The lowest BCUT2D eigenvalue weighted by molar-refractivity contribution is 0.660. The Kier molecular flexibility index (Phi) is 7.84. The van der Waals surface area contributed by atoms with Crippen molar-refractivity contribution in [2.24, 2.45) is 0 Å². The second-order valence-corrected chi connectivity index (χ2v) is 15.8. The summed E-state index contributed by atoms with van der Waals surface area (Å²) in [6, 6.07) is 64.7. The van der Waals surface area contributed by atoms with Gasteiger partial charge in [0.1, 0.15) is 11.2 Å². The smallest absolute Gasteiger partial charge is 0.143 e. The van der Waals surface area contributed by atoms with Gasteiger partial charge in [-0.25, -0.2) is 0 Å². The molecule has 0 spiro atoms. The molecular formula is C55H38N2O. The van der Waals surface area contributed by atoms with E-state index in [2.05, 4.69) is 159 Å². The average molecular weight is 743 g/mol. The summed E-state index contributed by atoms with van der Waals surface area (Å²) in [5.74, 6) is 0. The van der Waals surface area contributed by atoms with Gasteiger partial charge >= 0.3 is 0 Å². The van der Waals surface area contributed by atoms with Gasteiger partial charge in [-0.15, -0.1) is 0 Å². The van der Waals surface area contributed by atoms with E-state index in [0.29, 0.717) is 0 Å². The molecule has 0 saturated carbocycles. The number of para-hydroxylation sites is 2. The summed E-state index contributed by atoms with van der Waals surface area (Å²) < 4.78 is 7.05. The van der Waals surface area contributed by atoms with Gasteiger partial charge in [0.15, 0.2) is 0 Å². The molecule has 0 amide bonds. The van der Waals surface area contributed by atoms with Crippen LogP contribution < -0.4 is 0 Å². The first-order chi connectivity index (χ1) is 28.5. The lowest BCUT2D eigenvalue weighted by atomic mass is 9.81. The highest BCUT2D eigenvalue weighted by molar-refractivity contribution is 6.13. The van der Waals surface area contributed by atoms with Gasteiger partial charge in [0, 0.05) is 62.0 Å². The first-order valence-electron chi connectivity index (χ1n) is 19.9. The molecule has 1 aliphatic carbocycles. The Balaban J connectivity index is 1.05. The second kappa shape index (κ2) is 13.4. The molecule has 0 radical (unpaired) electrons. The Morgan fingerprint density at radius 3 is 1.40 bits per heavy atom. The Morgan fingerprint density at radius 2 is 0.828 bits per heavy atom. The fourth-order valence-corrected chi connectivity index (χ4v) is 8.95. The number of furan rings is 1. The van der Waals surface area contributed by atoms with Crippen LogP contribution in [0.4, 0.5) is 0 Å². The molecule has 0 fully saturated rings. The van der Waals surface area contributed by atoms with Crippen LogP contribution >= 0.6 is 0 Å². The summed E-state index contributed by atoms with van der Waals surface area (Å²) in [6.07, 6.45) is 3.96. The van der Waals surface area contributed by atoms with Crippen molar-refractivity contribution in [3.63, 3.8) is 0 Å². The highest BCUT2D eigenvalue weighted by Gasteiger charge is 2.35. The van der Waals surface area contributed by atoms with Crippen molar-refractivity contribution in [3.8, 4) is 78.1 Å². The summed E-state index contributed by atoms with van der Waals surface area (Å²) >= 11 is 0. The molecule has 7 aromatic carbocycles. The Hall–Kier alpha value is -7.36. The third-order valence-electron chi connectivity index (χ3n) is 12.0. The van der Waals surface area contributed by atoms with Crippen LogP contribution in [0.5, 0.6) is 0 Å². The zero-order chi connectivity index (χ0) is 38.8. The van der Waals surface area contributed by atoms with Crippen molar-refractivity contribution in [2.75, 3.05) is 0 Å². The second-order valence-electron chi connectivity index (χ2n) is 15.8. The largest absolute Gasteiger partial charge is 0.455 e. The molecule has 3 nitrogen and oxygen atoms in total. The number of rotatable bonds is 6. The number of benzene rings is 7. The zero-order valence-electron chi connectivity index (χ0n) is 32.3. The zero-order valence-corrected chi connectivity index (χ0v) is 32.3. The maximum absolute atomic E-state index is 7.05. The Morgan fingerprint density at radius 1 is 0.345 bits per heavy atom. The van der Waals surface area contributed by atoms with Crippen LogP contribution in [0.2, 0.25) is 0 Å². The van der Waals surface area contributed by atoms with Crippen molar-refractivity contribution >= 4 is 21.9 Å². The number of nitrogens with zero attached hydrogens (tertiary/aromatic N) is 2. The van der Waals surface area contributed by atoms with E-state index in [1.54, 1.807) is 0 Å². The number of hydrogen-bond acceptors (Lipinski definition) is 3. The van der Waals surface area contributed by atoms with E-state index < -0.39 is 0 Å². The lowest BCUT2D eigenvalue weighted by Crippen LogP contribution is -2.14. The van der Waals surface area contributed by atoms with E-state index in [0.717, 1.165) is 89.0 Å². The summed E-state index contributed by atoms with van der Waals surface area (Å²) in [6.45, 7) is 4.67. The van der Waals surface area contributed by atoms with Crippen molar-refractivity contribution in [1.82, 2.24) is 9.97 Å². The minimum absolute atomic E-state index is 0.0889. The molecule has 3 heterocycles. The SMILES string of the molecule is CC1(C)c2ccccc2-c2ccc(-c3cccc4c3oc3c(-c5cc(-c6ccc(-c7ccccc7)nc6)cc(-c6ccc(-c7ccccc7)nc6)c5)cccc34)cc21. The van der Waals surface area contributed by atoms with E-state index in [1.165, 1.54) is 22.3 Å². The summed E-state index contributed by atoms with van der Waals surface area (Å²) in [4.78, 5) is 9.81. The minimum atomic E-state index is -0.0889. The predicted octanol–water partition coefficient (Wildman–Crippen LogP) is 14.7. The summed E-state index contributed by atoms with van der Waals surface area (Å²) in [7, 11) is 0. The lowest BCUT2D eigenvalue weighted by Gasteiger charge is -2.22. The van der Waals surface area contributed by atoms with E-state index in [-0.39, 0.29) is 5.41 Å². The molecule has 0 bridgehead atoms. The van der Waals surface area contributed by atoms with E-state index in [1.807, 2.05) is 48.8 Å². The van der Waals surface area contributed by atoms with Gasteiger partial charge in [-0.05, 0) is 80.9 Å². The third kappa shape index (κ3) is 5.58. The fourth-order valence-electron chi connectivity index (χ4n) is 8.95. The van der Waals surface area contributed by atoms with Crippen molar-refractivity contribution in [1.29, 1.82) is 0 Å². The quantitative estimate of drug-likeness (QED) is 0.170. The van der Waals surface area contributed by atoms with Crippen LogP contribution in [-0.4, -0.2) is 9.97 Å². The maximum Gasteiger partial charge on any atom is 0.143 e. The van der Waals surface area contributed by atoms with Gasteiger partial charge in [-0.3, -0.25) is 9.97 Å². The number of pyridine rings is 2. The third-order valence-corrected chi connectivity index (χ3v) is 12.0. The summed E-state index contributed by atoms with van der Waals surface area (Å²) in [5.41, 5.74) is 19.7. The first kappa shape index (κ1) is 33.9. The summed E-state index contributed by atoms with van der Waals surface area (Å²) in [5, 5.41) is 2.20. The molecule has 0 atom stereocenters. The van der Waals surface area contributed by atoms with Crippen LogP contribution in [0.15, 0.2) is 199 Å². The maximum atomic E-state index is 7.05. The van der Waals surface area contributed by atoms with E-state index in [9.17, 15) is 0 Å². The highest BCUT2D eigenvalue weighted by Crippen LogP contribution is 2.50. The Labute approximate surface area is 338 Å². The van der Waals surface area contributed by atoms with Gasteiger partial charge in [-0.2, -0.15) is 0 Å². The molecule has 3 aromatic heterocycles. The topological polar surface area (TPSA) is 38.9 Å². The molecule has 11 rings (SSSR count). The normalized spacial score (nSPS) is 12.8. The molecule has 3 heteroatoms. The van der Waals surface area contributed by atoms with Gasteiger partial charge in [0.05, 0.1) is 11.4 Å². The molecule has 0 aliphatic heterocycles. The molecule has 274 valence electrons. The molecule has 58 heavy (non-hydrogen) atoms.